The van der Waals surface area contributed by atoms with E-state index in [0.29, 0.717) is 54.9 Å². The number of nitrogens with zero attached hydrogens (tertiary/aromatic N) is 4. The van der Waals surface area contributed by atoms with Crippen molar-refractivity contribution in [3.63, 3.8) is 0 Å². The summed E-state index contributed by atoms with van der Waals surface area (Å²) < 4.78 is 16.4. The largest absolute Gasteiger partial charge is 0.495 e. The van der Waals surface area contributed by atoms with Crippen LogP contribution in [0.15, 0.2) is 45.4 Å². The van der Waals surface area contributed by atoms with Gasteiger partial charge in [-0.1, -0.05) is 0 Å². The molecule has 11 nitrogen and oxygen atoms in total. The highest BCUT2D eigenvalue weighted by Gasteiger charge is 2.26. The molecule has 1 aliphatic heterocycles. The Labute approximate surface area is 195 Å². The van der Waals surface area contributed by atoms with Crippen molar-refractivity contribution in [1.29, 1.82) is 5.26 Å². The number of benzene rings is 1. The van der Waals surface area contributed by atoms with E-state index >= 15 is 0 Å². The van der Waals surface area contributed by atoms with Crippen molar-refractivity contribution in [2.45, 2.75) is 6.92 Å². The smallest absolute Gasteiger partial charge is 0.266 e. The fourth-order valence-electron chi connectivity index (χ4n) is 3.69. The van der Waals surface area contributed by atoms with Gasteiger partial charge < -0.3 is 29.1 Å². The van der Waals surface area contributed by atoms with Crippen LogP contribution in [0.4, 0.5) is 17.3 Å². The number of hydrogen-bond acceptors (Lipinski definition) is 9. The van der Waals surface area contributed by atoms with E-state index in [4.69, 9.17) is 13.6 Å². The number of nitrogens with one attached hydrogen (secondary N) is 2. The SMILES string of the molecule is COc1ccc(NC(C)=O)cc1NC(=O)CN1CCN(c2oc(-c3ccco3)nc2C#N)CC1. The number of nitriles is 1. The standard InChI is InChI=1S/C23H24N6O5/c1-15(30)25-16-5-6-19(32-2)17(12-16)26-21(31)14-28-7-9-29(10-8-28)23-18(13-24)27-22(34-23)20-4-3-11-33-20/h3-6,11-12H,7-10,14H2,1-2H3,(H,25,30)(H,26,31). The molecular formula is C23H24N6O5. The molecule has 3 aromatic rings. The number of methoxy groups -OCH3 is 1. The van der Waals surface area contributed by atoms with Crippen molar-refractivity contribution in [3.05, 3.63) is 42.3 Å². The third-order valence-corrected chi connectivity index (χ3v) is 5.27. The van der Waals surface area contributed by atoms with Gasteiger partial charge in [-0.15, -0.1) is 0 Å². The molecule has 0 unspecified atom stereocenters. The number of anilines is 3. The highest BCUT2D eigenvalue weighted by molar-refractivity contribution is 5.95. The normalized spacial score (nSPS) is 13.9. The highest BCUT2D eigenvalue weighted by Crippen LogP contribution is 2.30. The topological polar surface area (TPSA) is 137 Å². The summed E-state index contributed by atoms with van der Waals surface area (Å²) in [6.07, 6.45) is 1.51. The minimum absolute atomic E-state index is 0.181. The van der Waals surface area contributed by atoms with Crippen LogP contribution in [-0.4, -0.2) is 61.5 Å². The number of oxazole rings is 1. The van der Waals surface area contributed by atoms with Gasteiger partial charge >= 0.3 is 0 Å². The minimum Gasteiger partial charge on any atom is -0.495 e. The molecule has 4 rings (SSSR count). The molecule has 1 saturated heterocycles. The van der Waals surface area contributed by atoms with Gasteiger partial charge in [-0.2, -0.15) is 10.2 Å². The summed E-state index contributed by atoms with van der Waals surface area (Å²) in [5.74, 6) is 1.20. The third kappa shape index (κ3) is 5.19. The number of piperazine rings is 1. The number of aromatic nitrogens is 1. The maximum absolute atomic E-state index is 12.7. The average molecular weight is 464 g/mol. The molecule has 0 atom stereocenters. The maximum Gasteiger partial charge on any atom is 0.266 e. The molecule has 1 aromatic carbocycles. The fraction of sp³-hybridized carbons (Fsp3) is 0.304. The van der Waals surface area contributed by atoms with Crippen molar-refractivity contribution in [1.82, 2.24) is 9.88 Å². The van der Waals surface area contributed by atoms with Crippen molar-refractivity contribution in [2.24, 2.45) is 0 Å². The molecule has 0 saturated carbocycles. The van der Waals surface area contributed by atoms with Crippen LogP contribution in [0.25, 0.3) is 11.7 Å². The van der Waals surface area contributed by atoms with E-state index in [0.717, 1.165) is 0 Å². The third-order valence-electron chi connectivity index (χ3n) is 5.27. The molecule has 0 radical (unpaired) electrons. The van der Waals surface area contributed by atoms with Crippen LogP contribution in [0.2, 0.25) is 0 Å². The van der Waals surface area contributed by atoms with E-state index in [2.05, 4.69) is 21.7 Å². The monoisotopic (exact) mass is 464 g/mol. The van der Waals surface area contributed by atoms with E-state index < -0.39 is 0 Å². The van der Waals surface area contributed by atoms with Gasteiger partial charge in [-0.3, -0.25) is 14.5 Å². The zero-order chi connectivity index (χ0) is 24.1. The average Bonchev–Trinajstić information content (AvgIpc) is 3.49. The van der Waals surface area contributed by atoms with Gasteiger partial charge in [-0.25, -0.2) is 0 Å². The lowest BCUT2D eigenvalue weighted by Crippen LogP contribution is -2.48. The van der Waals surface area contributed by atoms with Gasteiger partial charge in [0.2, 0.25) is 23.4 Å². The molecule has 176 valence electrons. The van der Waals surface area contributed by atoms with Gasteiger partial charge in [-0.05, 0) is 30.3 Å². The maximum atomic E-state index is 12.7. The molecule has 3 heterocycles. The summed E-state index contributed by atoms with van der Waals surface area (Å²) in [6, 6.07) is 10.5. The molecular weight excluding hydrogens is 440 g/mol. The second-order valence-electron chi connectivity index (χ2n) is 7.67. The molecule has 11 heteroatoms. The number of carbonyl (C=O) groups excluding carboxylic acids is 2. The van der Waals surface area contributed by atoms with Crippen molar-refractivity contribution in [3.8, 4) is 23.5 Å². The highest BCUT2D eigenvalue weighted by atomic mass is 16.5. The van der Waals surface area contributed by atoms with Crippen LogP contribution in [0.5, 0.6) is 5.75 Å². The zero-order valence-corrected chi connectivity index (χ0v) is 18.8. The van der Waals surface area contributed by atoms with Crippen LogP contribution in [0.3, 0.4) is 0 Å². The van der Waals surface area contributed by atoms with E-state index in [9.17, 15) is 14.9 Å². The Hall–Kier alpha value is -4.30. The lowest BCUT2D eigenvalue weighted by atomic mass is 10.2. The van der Waals surface area contributed by atoms with Gasteiger partial charge in [0, 0.05) is 38.8 Å². The Balaban J connectivity index is 1.35. The summed E-state index contributed by atoms with van der Waals surface area (Å²) in [5.41, 5.74) is 1.23. The number of rotatable bonds is 7. The molecule has 34 heavy (non-hydrogen) atoms. The predicted octanol–water partition coefficient (Wildman–Crippen LogP) is 2.53. The van der Waals surface area contributed by atoms with Crippen LogP contribution < -0.4 is 20.3 Å². The molecule has 0 bridgehead atoms. The van der Waals surface area contributed by atoms with Crippen molar-refractivity contribution < 1.29 is 23.2 Å². The summed E-state index contributed by atoms with van der Waals surface area (Å²) in [5, 5.41) is 15.0. The lowest BCUT2D eigenvalue weighted by molar-refractivity contribution is -0.117. The number of carbonyl (C=O) groups is 2. The Bertz CT molecular complexity index is 1210. The lowest BCUT2D eigenvalue weighted by Gasteiger charge is -2.34. The van der Waals surface area contributed by atoms with Gasteiger partial charge in [0.1, 0.15) is 11.8 Å². The second kappa shape index (κ2) is 10.1. The van der Waals surface area contributed by atoms with Gasteiger partial charge in [0.25, 0.3) is 5.89 Å². The van der Waals surface area contributed by atoms with E-state index in [1.807, 2.05) is 9.80 Å². The molecule has 2 N–H and O–H groups in total. The van der Waals surface area contributed by atoms with Crippen molar-refractivity contribution in [2.75, 3.05) is 55.4 Å². The Morgan fingerprint density at radius 3 is 2.65 bits per heavy atom. The van der Waals surface area contributed by atoms with Gasteiger partial charge in [0.05, 0.1) is 25.6 Å². The molecule has 2 aromatic heterocycles. The zero-order valence-electron chi connectivity index (χ0n) is 18.8. The van der Waals surface area contributed by atoms with Crippen LogP contribution in [0.1, 0.15) is 12.6 Å². The second-order valence-corrected chi connectivity index (χ2v) is 7.67. The molecule has 1 aliphatic rings. The molecule has 1 fully saturated rings. The quantitative estimate of drug-likeness (QED) is 0.540. The van der Waals surface area contributed by atoms with Crippen LogP contribution in [0, 0.1) is 11.3 Å². The van der Waals surface area contributed by atoms with Crippen LogP contribution >= 0.6 is 0 Å². The first-order chi connectivity index (χ1) is 16.5. The molecule has 0 aliphatic carbocycles. The summed E-state index contributed by atoms with van der Waals surface area (Å²) in [7, 11) is 1.51. The van der Waals surface area contributed by atoms with Crippen molar-refractivity contribution >= 4 is 29.1 Å². The van der Waals surface area contributed by atoms with E-state index in [-0.39, 0.29) is 29.9 Å². The molecule has 0 spiro atoms. The summed E-state index contributed by atoms with van der Waals surface area (Å²) in [6.45, 7) is 3.92. The Kier molecular flexibility index (Phi) is 6.79. The summed E-state index contributed by atoms with van der Waals surface area (Å²) in [4.78, 5) is 32.2. The Morgan fingerprint density at radius 2 is 2.00 bits per heavy atom. The first kappa shape index (κ1) is 22.9. The van der Waals surface area contributed by atoms with Gasteiger partial charge in [0.15, 0.2) is 5.76 Å². The number of amides is 2. The predicted molar refractivity (Wildman–Crippen MR) is 124 cm³/mol. The van der Waals surface area contributed by atoms with E-state index in [1.165, 1.54) is 20.3 Å². The number of hydrogen-bond donors (Lipinski definition) is 2. The number of ether oxygens (including phenoxy) is 1. The number of furan rings is 1. The molecule has 2 amide bonds. The summed E-state index contributed by atoms with van der Waals surface area (Å²) >= 11 is 0. The minimum atomic E-state index is -0.206. The first-order valence-corrected chi connectivity index (χ1v) is 10.6. The Morgan fingerprint density at radius 1 is 1.21 bits per heavy atom. The fourth-order valence-corrected chi connectivity index (χ4v) is 3.69. The van der Waals surface area contributed by atoms with E-state index in [1.54, 1.807) is 30.3 Å². The van der Waals surface area contributed by atoms with Crippen LogP contribution in [-0.2, 0) is 9.59 Å². The first-order valence-electron chi connectivity index (χ1n) is 10.6.